The van der Waals surface area contributed by atoms with Gasteiger partial charge >= 0.3 is 0 Å². The molecule has 3 rings (SSSR count). The Morgan fingerprint density at radius 3 is 2.54 bits per heavy atom. The van der Waals surface area contributed by atoms with Crippen molar-refractivity contribution >= 4 is 17.5 Å². The lowest BCUT2D eigenvalue weighted by molar-refractivity contribution is -0.123. The molecule has 2 aromatic rings. The highest BCUT2D eigenvalue weighted by molar-refractivity contribution is 6.31. The highest BCUT2D eigenvalue weighted by atomic mass is 35.5. The van der Waals surface area contributed by atoms with Crippen LogP contribution in [-0.4, -0.2) is 31.5 Å². The topological polar surface area (TPSA) is 41.6 Å². The molecule has 5 heteroatoms. The second-order valence-corrected chi connectivity index (χ2v) is 7.33. The summed E-state index contributed by atoms with van der Waals surface area (Å²) in [7, 11) is 3.59. The van der Waals surface area contributed by atoms with E-state index in [0.717, 1.165) is 34.7 Å². The first-order valence-corrected chi connectivity index (χ1v) is 9.30. The molecule has 1 aliphatic rings. The number of nitrogens with zero attached hydrogens (tertiary/aromatic N) is 1. The third-order valence-corrected chi connectivity index (χ3v) is 5.07. The SMILES string of the molecule is COc1ccc(C(NC(=O)CN(C)Cc2ccccc2Cl)C2CC2)cc1. The van der Waals surface area contributed by atoms with Gasteiger partial charge in [0.2, 0.25) is 5.91 Å². The number of carbonyl (C=O) groups is 1. The van der Waals surface area contributed by atoms with Crippen molar-refractivity contribution < 1.29 is 9.53 Å². The van der Waals surface area contributed by atoms with E-state index < -0.39 is 0 Å². The zero-order chi connectivity index (χ0) is 18.5. The molecule has 1 fully saturated rings. The minimum absolute atomic E-state index is 0.0345. The van der Waals surface area contributed by atoms with E-state index in [1.807, 2.05) is 60.5 Å². The quantitative estimate of drug-likeness (QED) is 0.760. The maximum absolute atomic E-state index is 12.6. The molecule has 1 aliphatic carbocycles. The van der Waals surface area contributed by atoms with Crippen molar-refractivity contribution in [2.75, 3.05) is 20.7 Å². The van der Waals surface area contributed by atoms with Crippen LogP contribution >= 0.6 is 11.6 Å². The summed E-state index contributed by atoms with van der Waals surface area (Å²) in [5, 5.41) is 3.94. The highest BCUT2D eigenvalue weighted by Gasteiger charge is 2.33. The van der Waals surface area contributed by atoms with Gasteiger partial charge in [0.05, 0.1) is 19.7 Å². The van der Waals surface area contributed by atoms with Gasteiger partial charge in [-0.15, -0.1) is 0 Å². The molecule has 0 radical (unpaired) electrons. The van der Waals surface area contributed by atoms with Crippen molar-refractivity contribution in [3.8, 4) is 5.75 Å². The summed E-state index contributed by atoms with van der Waals surface area (Å²) >= 11 is 6.21. The van der Waals surface area contributed by atoms with Gasteiger partial charge in [0.15, 0.2) is 0 Å². The Balaban J connectivity index is 1.58. The van der Waals surface area contributed by atoms with E-state index in [4.69, 9.17) is 16.3 Å². The smallest absolute Gasteiger partial charge is 0.234 e. The van der Waals surface area contributed by atoms with Crippen LogP contribution in [0.1, 0.15) is 30.0 Å². The molecule has 0 heterocycles. The normalized spacial score (nSPS) is 14.9. The summed E-state index contributed by atoms with van der Waals surface area (Å²) in [5.74, 6) is 1.39. The van der Waals surface area contributed by atoms with Crippen molar-refractivity contribution in [1.82, 2.24) is 10.2 Å². The summed E-state index contributed by atoms with van der Waals surface area (Å²) in [4.78, 5) is 14.5. The molecule has 1 amide bonds. The molecule has 138 valence electrons. The fourth-order valence-corrected chi connectivity index (χ4v) is 3.35. The lowest BCUT2D eigenvalue weighted by Gasteiger charge is -2.22. The van der Waals surface area contributed by atoms with Gasteiger partial charge in [0, 0.05) is 11.6 Å². The van der Waals surface area contributed by atoms with E-state index in [0.29, 0.717) is 19.0 Å². The minimum Gasteiger partial charge on any atom is -0.497 e. The molecule has 1 unspecified atom stereocenters. The van der Waals surface area contributed by atoms with Crippen LogP contribution in [-0.2, 0) is 11.3 Å². The number of nitrogens with one attached hydrogen (secondary N) is 1. The van der Waals surface area contributed by atoms with Crippen molar-refractivity contribution in [2.24, 2.45) is 5.92 Å². The standard InChI is InChI=1S/C21H25ClN2O2/c1-24(13-17-5-3-4-6-19(17)22)14-20(25)23-21(15-7-8-15)16-9-11-18(26-2)12-10-16/h3-6,9-12,15,21H,7-8,13-14H2,1-2H3,(H,23,25). The molecule has 0 spiro atoms. The second-order valence-electron chi connectivity index (χ2n) is 6.92. The first kappa shape index (κ1) is 18.7. The lowest BCUT2D eigenvalue weighted by Crippen LogP contribution is -2.37. The number of hydrogen-bond acceptors (Lipinski definition) is 3. The molecule has 2 aromatic carbocycles. The van der Waals surface area contributed by atoms with Gasteiger partial charge in [-0.1, -0.05) is 41.9 Å². The molecule has 0 saturated heterocycles. The third-order valence-electron chi connectivity index (χ3n) is 4.70. The van der Waals surface area contributed by atoms with Gasteiger partial charge in [0.1, 0.15) is 5.75 Å². The molecule has 0 aromatic heterocycles. The number of rotatable bonds is 8. The van der Waals surface area contributed by atoms with Gasteiger partial charge in [-0.05, 0) is 55.1 Å². The number of amides is 1. The Morgan fingerprint density at radius 1 is 1.23 bits per heavy atom. The number of hydrogen-bond donors (Lipinski definition) is 1. The Labute approximate surface area is 160 Å². The Morgan fingerprint density at radius 2 is 1.92 bits per heavy atom. The van der Waals surface area contributed by atoms with Crippen LogP contribution in [0.25, 0.3) is 0 Å². The molecule has 1 atom stereocenters. The predicted molar refractivity (Wildman–Crippen MR) is 104 cm³/mol. The number of benzene rings is 2. The molecule has 4 nitrogen and oxygen atoms in total. The summed E-state index contributed by atoms with van der Waals surface area (Å²) in [6.07, 6.45) is 2.32. The van der Waals surface area contributed by atoms with Crippen LogP contribution in [0.4, 0.5) is 0 Å². The Bertz CT molecular complexity index is 744. The average molecular weight is 373 g/mol. The number of likely N-dealkylation sites (N-methyl/N-ethyl adjacent to an activating group) is 1. The van der Waals surface area contributed by atoms with Gasteiger partial charge in [-0.25, -0.2) is 0 Å². The van der Waals surface area contributed by atoms with E-state index in [-0.39, 0.29) is 11.9 Å². The van der Waals surface area contributed by atoms with Gasteiger partial charge in [-0.3, -0.25) is 9.69 Å². The molecular weight excluding hydrogens is 348 g/mol. The first-order chi connectivity index (χ1) is 12.6. The van der Waals surface area contributed by atoms with Gasteiger partial charge in [-0.2, -0.15) is 0 Å². The second kappa shape index (κ2) is 8.56. The Hall–Kier alpha value is -2.04. The van der Waals surface area contributed by atoms with Crippen LogP contribution in [0.15, 0.2) is 48.5 Å². The van der Waals surface area contributed by atoms with Gasteiger partial charge < -0.3 is 10.1 Å². The first-order valence-electron chi connectivity index (χ1n) is 8.92. The summed E-state index contributed by atoms with van der Waals surface area (Å²) in [6.45, 7) is 0.980. The maximum atomic E-state index is 12.6. The van der Waals surface area contributed by atoms with Crippen molar-refractivity contribution in [1.29, 1.82) is 0 Å². The van der Waals surface area contributed by atoms with E-state index in [9.17, 15) is 4.79 Å². The Kier molecular flexibility index (Phi) is 6.17. The highest BCUT2D eigenvalue weighted by Crippen LogP contribution is 2.41. The fraction of sp³-hybridized carbons (Fsp3) is 0.381. The maximum Gasteiger partial charge on any atom is 0.234 e. The van der Waals surface area contributed by atoms with Crippen LogP contribution in [0, 0.1) is 5.92 Å². The zero-order valence-corrected chi connectivity index (χ0v) is 16.0. The molecular formula is C21H25ClN2O2. The number of halogens is 1. The number of methoxy groups -OCH3 is 1. The number of ether oxygens (including phenoxy) is 1. The lowest BCUT2D eigenvalue weighted by atomic mass is 10.0. The molecule has 26 heavy (non-hydrogen) atoms. The average Bonchev–Trinajstić information content (AvgIpc) is 3.47. The third kappa shape index (κ3) is 4.99. The predicted octanol–water partition coefficient (Wildman–Crippen LogP) is 4.05. The number of carbonyl (C=O) groups excluding carboxylic acids is 1. The molecule has 0 bridgehead atoms. The zero-order valence-electron chi connectivity index (χ0n) is 15.2. The van der Waals surface area contributed by atoms with Crippen LogP contribution in [0.5, 0.6) is 5.75 Å². The van der Waals surface area contributed by atoms with E-state index in [2.05, 4.69) is 5.32 Å². The summed E-state index contributed by atoms with van der Waals surface area (Å²) < 4.78 is 5.22. The minimum atomic E-state index is 0.0345. The summed E-state index contributed by atoms with van der Waals surface area (Å²) in [6, 6.07) is 15.8. The van der Waals surface area contributed by atoms with Crippen molar-refractivity contribution in [3.05, 3.63) is 64.7 Å². The van der Waals surface area contributed by atoms with E-state index >= 15 is 0 Å². The molecule has 0 aliphatic heterocycles. The van der Waals surface area contributed by atoms with Crippen molar-refractivity contribution in [3.63, 3.8) is 0 Å². The van der Waals surface area contributed by atoms with Crippen molar-refractivity contribution in [2.45, 2.75) is 25.4 Å². The molecule has 1 N–H and O–H groups in total. The monoisotopic (exact) mass is 372 g/mol. The largest absolute Gasteiger partial charge is 0.497 e. The van der Waals surface area contributed by atoms with Crippen LogP contribution in [0.2, 0.25) is 5.02 Å². The van der Waals surface area contributed by atoms with E-state index in [1.54, 1.807) is 7.11 Å². The fourth-order valence-electron chi connectivity index (χ4n) is 3.15. The van der Waals surface area contributed by atoms with Gasteiger partial charge in [0.25, 0.3) is 0 Å². The van der Waals surface area contributed by atoms with E-state index in [1.165, 1.54) is 0 Å². The van der Waals surface area contributed by atoms with Crippen LogP contribution < -0.4 is 10.1 Å². The summed E-state index contributed by atoms with van der Waals surface area (Å²) in [5.41, 5.74) is 2.16. The van der Waals surface area contributed by atoms with Crippen LogP contribution in [0.3, 0.4) is 0 Å². The molecule has 1 saturated carbocycles.